The van der Waals surface area contributed by atoms with Crippen molar-refractivity contribution in [2.24, 2.45) is 0 Å². The maximum Gasteiger partial charge on any atom is 0.337 e. The zero-order valence-corrected chi connectivity index (χ0v) is 10.2. The molecule has 1 N–H and O–H groups in total. The van der Waals surface area contributed by atoms with Gasteiger partial charge in [-0.1, -0.05) is 25.0 Å². The Morgan fingerprint density at radius 2 is 2.00 bits per heavy atom. The molecular formula is C14H19NO2. The Balaban J connectivity index is 2.08. The quantitative estimate of drug-likeness (QED) is 0.798. The van der Waals surface area contributed by atoms with Crippen LogP contribution in [0.2, 0.25) is 0 Å². The zero-order valence-electron chi connectivity index (χ0n) is 10.2. The highest BCUT2D eigenvalue weighted by molar-refractivity contribution is 5.89. The Bertz CT molecular complexity index is 364. The Hall–Kier alpha value is -1.35. The lowest BCUT2D eigenvalue weighted by atomic mass is 10.0. The van der Waals surface area contributed by atoms with Crippen LogP contribution in [0.5, 0.6) is 0 Å². The number of carbonyl (C=O) groups is 1. The molecule has 1 aromatic carbocycles. The van der Waals surface area contributed by atoms with Crippen LogP contribution in [-0.4, -0.2) is 19.6 Å². The van der Waals surface area contributed by atoms with E-state index in [4.69, 9.17) is 0 Å². The predicted molar refractivity (Wildman–Crippen MR) is 67.0 cm³/mol. The molecule has 0 saturated carbocycles. The fraction of sp³-hybridized carbons (Fsp3) is 0.500. The lowest BCUT2D eigenvalue weighted by molar-refractivity contribution is 0.0600. The fourth-order valence-corrected chi connectivity index (χ4v) is 2.28. The van der Waals surface area contributed by atoms with Gasteiger partial charge in [0.2, 0.25) is 0 Å². The number of rotatable bonds is 2. The Morgan fingerprint density at radius 1 is 1.24 bits per heavy atom. The molecule has 1 unspecified atom stereocenters. The van der Waals surface area contributed by atoms with E-state index in [-0.39, 0.29) is 5.97 Å². The molecule has 1 aromatic rings. The van der Waals surface area contributed by atoms with Gasteiger partial charge in [0.05, 0.1) is 12.7 Å². The van der Waals surface area contributed by atoms with E-state index in [9.17, 15) is 4.79 Å². The number of nitrogens with one attached hydrogen (secondary N) is 1. The Morgan fingerprint density at radius 3 is 2.71 bits per heavy atom. The van der Waals surface area contributed by atoms with Crippen LogP contribution in [0.15, 0.2) is 24.3 Å². The molecule has 92 valence electrons. The van der Waals surface area contributed by atoms with Gasteiger partial charge in [0, 0.05) is 6.04 Å². The first-order valence-corrected chi connectivity index (χ1v) is 6.23. The second-order valence-corrected chi connectivity index (χ2v) is 4.47. The Kier molecular flexibility index (Phi) is 4.15. The van der Waals surface area contributed by atoms with E-state index in [1.54, 1.807) is 0 Å². The van der Waals surface area contributed by atoms with Crippen molar-refractivity contribution in [1.82, 2.24) is 5.32 Å². The second-order valence-electron chi connectivity index (χ2n) is 4.47. The summed E-state index contributed by atoms with van der Waals surface area (Å²) in [6.07, 6.45) is 5.02. The highest BCUT2D eigenvalue weighted by Crippen LogP contribution is 2.22. The number of esters is 1. The maximum atomic E-state index is 11.3. The van der Waals surface area contributed by atoms with Crippen molar-refractivity contribution in [3.63, 3.8) is 0 Å². The van der Waals surface area contributed by atoms with E-state index in [1.807, 2.05) is 24.3 Å². The summed E-state index contributed by atoms with van der Waals surface area (Å²) >= 11 is 0. The van der Waals surface area contributed by atoms with E-state index in [2.05, 4.69) is 10.1 Å². The van der Waals surface area contributed by atoms with Gasteiger partial charge in [0.1, 0.15) is 0 Å². The molecule has 1 aliphatic rings. The lowest BCUT2D eigenvalue weighted by Crippen LogP contribution is -2.20. The van der Waals surface area contributed by atoms with Crippen LogP contribution < -0.4 is 5.32 Å². The lowest BCUT2D eigenvalue weighted by Gasteiger charge is -2.16. The van der Waals surface area contributed by atoms with Crippen molar-refractivity contribution in [2.75, 3.05) is 13.7 Å². The molecule has 2 rings (SSSR count). The molecule has 3 nitrogen and oxygen atoms in total. The van der Waals surface area contributed by atoms with Crippen LogP contribution in [0.4, 0.5) is 0 Å². The second kappa shape index (κ2) is 5.82. The van der Waals surface area contributed by atoms with Gasteiger partial charge in [0.15, 0.2) is 0 Å². The van der Waals surface area contributed by atoms with E-state index >= 15 is 0 Å². The number of hydrogen-bond donors (Lipinski definition) is 1. The molecule has 0 aromatic heterocycles. The normalized spacial score (nSPS) is 20.6. The van der Waals surface area contributed by atoms with Crippen LogP contribution >= 0.6 is 0 Å². The van der Waals surface area contributed by atoms with Gasteiger partial charge < -0.3 is 10.1 Å². The van der Waals surface area contributed by atoms with Crippen LogP contribution in [0.25, 0.3) is 0 Å². The first-order valence-electron chi connectivity index (χ1n) is 6.23. The van der Waals surface area contributed by atoms with E-state index < -0.39 is 0 Å². The van der Waals surface area contributed by atoms with Gasteiger partial charge in [-0.25, -0.2) is 4.79 Å². The maximum absolute atomic E-state index is 11.3. The van der Waals surface area contributed by atoms with Gasteiger partial charge in [-0.2, -0.15) is 0 Å². The van der Waals surface area contributed by atoms with E-state index in [0.29, 0.717) is 11.6 Å². The molecule has 17 heavy (non-hydrogen) atoms. The molecule has 1 atom stereocenters. The van der Waals surface area contributed by atoms with Gasteiger partial charge in [-0.15, -0.1) is 0 Å². The summed E-state index contributed by atoms with van der Waals surface area (Å²) < 4.78 is 4.69. The number of hydrogen-bond acceptors (Lipinski definition) is 3. The van der Waals surface area contributed by atoms with Crippen LogP contribution in [0.1, 0.15) is 47.6 Å². The van der Waals surface area contributed by atoms with Crippen molar-refractivity contribution in [1.29, 1.82) is 0 Å². The van der Waals surface area contributed by atoms with Crippen molar-refractivity contribution in [3.8, 4) is 0 Å². The van der Waals surface area contributed by atoms with Crippen LogP contribution in [-0.2, 0) is 4.74 Å². The fourth-order valence-electron chi connectivity index (χ4n) is 2.28. The SMILES string of the molecule is COC(=O)c1ccc(C2CCCCCN2)cc1. The molecule has 0 aliphatic carbocycles. The number of benzene rings is 1. The van der Waals surface area contributed by atoms with Crippen molar-refractivity contribution in [2.45, 2.75) is 31.7 Å². The Labute approximate surface area is 102 Å². The first-order chi connectivity index (χ1) is 8.31. The van der Waals surface area contributed by atoms with E-state index in [1.165, 1.54) is 38.4 Å². The van der Waals surface area contributed by atoms with E-state index in [0.717, 1.165) is 6.54 Å². The van der Waals surface area contributed by atoms with Gasteiger partial charge >= 0.3 is 5.97 Å². The highest BCUT2D eigenvalue weighted by atomic mass is 16.5. The summed E-state index contributed by atoms with van der Waals surface area (Å²) in [6, 6.07) is 8.16. The summed E-state index contributed by atoms with van der Waals surface area (Å²) in [7, 11) is 1.41. The summed E-state index contributed by atoms with van der Waals surface area (Å²) in [6.45, 7) is 1.09. The number of carbonyl (C=O) groups excluding carboxylic acids is 1. The molecular weight excluding hydrogens is 214 g/mol. The summed E-state index contributed by atoms with van der Waals surface area (Å²) in [5.74, 6) is -0.273. The number of methoxy groups -OCH3 is 1. The van der Waals surface area contributed by atoms with Crippen molar-refractivity contribution >= 4 is 5.97 Å². The third kappa shape index (κ3) is 3.07. The van der Waals surface area contributed by atoms with Crippen LogP contribution in [0.3, 0.4) is 0 Å². The summed E-state index contributed by atoms with van der Waals surface area (Å²) in [5, 5.41) is 3.54. The monoisotopic (exact) mass is 233 g/mol. The third-order valence-electron chi connectivity index (χ3n) is 3.29. The third-order valence-corrected chi connectivity index (χ3v) is 3.29. The topological polar surface area (TPSA) is 38.3 Å². The standard InChI is InChI=1S/C14H19NO2/c1-17-14(16)12-8-6-11(7-9-12)13-5-3-2-4-10-15-13/h6-9,13,15H,2-5,10H2,1H3. The summed E-state index contributed by atoms with van der Waals surface area (Å²) in [5.41, 5.74) is 1.88. The summed E-state index contributed by atoms with van der Waals surface area (Å²) in [4.78, 5) is 11.3. The first kappa shape index (κ1) is 12.1. The largest absolute Gasteiger partial charge is 0.465 e. The zero-order chi connectivity index (χ0) is 12.1. The molecule has 1 fully saturated rings. The van der Waals surface area contributed by atoms with Crippen LogP contribution in [0, 0.1) is 0 Å². The molecule has 3 heteroatoms. The smallest absolute Gasteiger partial charge is 0.337 e. The molecule has 1 saturated heterocycles. The molecule has 1 heterocycles. The van der Waals surface area contributed by atoms with Crippen molar-refractivity contribution < 1.29 is 9.53 Å². The molecule has 1 aliphatic heterocycles. The minimum atomic E-state index is -0.273. The molecule has 0 amide bonds. The average Bonchev–Trinajstić information content (AvgIpc) is 2.67. The molecule has 0 spiro atoms. The average molecular weight is 233 g/mol. The minimum Gasteiger partial charge on any atom is -0.465 e. The number of ether oxygens (including phenoxy) is 1. The molecule has 0 bridgehead atoms. The van der Waals surface area contributed by atoms with Gasteiger partial charge in [-0.05, 0) is 37.1 Å². The van der Waals surface area contributed by atoms with Gasteiger partial charge in [-0.3, -0.25) is 0 Å². The predicted octanol–water partition coefficient (Wildman–Crippen LogP) is 2.68. The molecule has 0 radical (unpaired) electrons. The highest BCUT2D eigenvalue weighted by Gasteiger charge is 2.14. The van der Waals surface area contributed by atoms with Crippen molar-refractivity contribution in [3.05, 3.63) is 35.4 Å². The minimum absolute atomic E-state index is 0.273. The van der Waals surface area contributed by atoms with Gasteiger partial charge in [0.25, 0.3) is 0 Å².